The Morgan fingerprint density at radius 2 is 1.92 bits per heavy atom. The Morgan fingerprint density at radius 1 is 1.38 bits per heavy atom. The van der Waals surface area contributed by atoms with Gasteiger partial charge in [-0.25, -0.2) is 8.42 Å². The zero-order valence-electron chi connectivity index (χ0n) is 7.48. The molecule has 6 nitrogen and oxygen atoms in total. The van der Waals surface area contributed by atoms with E-state index in [1.807, 2.05) is 0 Å². The molecule has 0 aliphatic heterocycles. The summed E-state index contributed by atoms with van der Waals surface area (Å²) in [5.41, 5.74) is 0. The Kier molecular flexibility index (Phi) is 9.38. The second-order valence-corrected chi connectivity index (χ2v) is 3.27. The van der Waals surface area contributed by atoms with Crippen molar-refractivity contribution < 1.29 is 56.8 Å². The summed E-state index contributed by atoms with van der Waals surface area (Å²) < 4.78 is 38.6. The van der Waals surface area contributed by atoms with Crippen LogP contribution in [0.3, 0.4) is 0 Å². The summed E-state index contributed by atoms with van der Waals surface area (Å²) in [7, 11) is -4.34. The number of esters is 1. The van der Waals surface area contributed by atoms with Crippen LogP contribution in [0.5, 0.6) is 0 Å². The Morgan fingerprint density at radius 3 is 2.31 bits per heavy atom. The first-order valence-electron chi connectivity index (χ1n) is 3.06. The van der Waals surface area contributed by atoms with Crippen molar-refractivity contribution >= 4 is 16.1 Å². The molecule has 0 aromatic heterocycles. The molecule has 0 N–H and O–H groups in total. The summed E-state index contributed by atoms with van der Waals surface area (Å²) in [5.74, 6) is -1.38. The monoisotopic (exact) mass is 220 g/mol. The van der Waals surface area contributed by atoms with Crippen LogP contribution in [0.15, 0.2) is 0 Å². The van der Waals surface area contributed by atoms with E-state index in [-0.39, 0.29) is 42.8 Å². The zero-order chi connectivity index (χ0) is 9.61. The van der Waals surface area contributed by atoms with E-state index in [1.54, 1.807) is 0 Å². The van der Waals surface area contributed by atoms with Crippen molar-refractivity contribution in [2.75, 3.05) is 19.2 Å². The molecule has 0 bridgehead atoms. The van der Waals surface area contributed by atoms with Crippen LogP contribution < -0.4 is 29.6 Å². The van der Waals surface area contributed by atoms with Crippen LogP contribution in [0, 0.1) is 0 Å². The van der Waals surface area contributed by atoms with E-state index in [0.29, 0.717) is 0 Å². The number of rotatable bonds is 5. The van der Waals surface area contributed by atoms with Gasteiger partial charge in [0.25, 0.3) is 0 Å². The standard InChI is InChI=1S/C5H10O6S.Na/c1-5(6)11-3-2-10-4-12(7,8)9;/h2-4H2,1H3,(H,7,8,9);/q;+1/p-1. The van der Waals surface area contributed by atoms with Crippen molar-refractivity contribution in [1.82, 2.24) is 0 Å². The Bertz CT molecular complexity index is 235. The van der Waals surface area contributed by atoms with Crippen LogP contribution in [-0.2, 0) is 24.4 Å². The fourth-order valence-corrected chi connectivity index (χ4v) is 0.727. The Labute approximate surface area is 98.6 Å². The SMILES string of the molecule is CC(=O)OCCOCS(=O)(=O)[O-].[Na+]. The molecule has 0 aromatic rings. The van der Waals surface area contributed by atoms with Crippen molar-refractivity contribution in [3.8, 4) is 0 Å². The first-order chi connectivity index (χ1) is 5.42. The molecule has 0 fully saturated rings. The van der Waals surface area contributed by atoms with E-state index < -0.39 is 22.0 Å². The van der Waals surface area contributed by atoms with Crippen LogP contribution >= 0.6 is 0 Å². The van der Waals surface area contributed by atoms with E-state index in [2.05, 4.69) is 9.47 Å². The van der Waals surface area contributed by atoms with Gasteiger partial charge in [-0.05, 0) is 0 Å². The van der Waals surface area contributed by atoms with Gasteiger partial charge in [-0.15, -0.1) is 0 Å². The quantitative estimate of drug-likeness (QED) is 0.203. The maximum Gasteiger partial charge on any atom is 1.00 e. The number of hydrogen-bond acceptors (Lipinski definition) is 6. The van der Waals surface area contributed by atoms with Gasteiger partial charge in [0.05, 0.1) is 6.61 Å². The molecule has 0 heterocycles. The number of carbonyl (C=O) groups excluding carboxylic acids is 1. The van der Waals surface area contributed by atoms with Crippen LogP contribution in [0.4, 0.5) is 0 Å². The van der Waals surface area contributed by atoms with Gasteiger partial charge in [-0.1, -0.05) is 0 Å². The smallest absolute Gasteiger partial charge is 0.746 e. The molecule has 0 unspecified atom stereocenters. The zero-order valence-corrected chi connectivity index (χ0v) is 10.3. The Hall–Kier alpha value is 0.340. The summed E-state index contributed by atoms with van der Waals surface area (Å²) in [4.78, 5) is 10.1. The fraction of sp³-hybridized carbons (Fsp3) is 0.800. The molecular formula is C5H9NaO6S. The molecule has 0 spiro atoms. The summed E-state index contributed by atoms with van der Waals surface area (Å²) in [6.45, 7) is 1.07. The third-order valence-electron chi connectivity index (χ3n) is 0.761. The van der Waals surface area contributed by atoms with Crippen molar-refractivity contribution in [1.29, 1.82) is 0 Å². The van der Waals surface area contributed by atoms with Gasteiger partial charge in [-0.2, -0.15) is 0 Å². The average molecular weight is 220 g/mol. The Balaban J connectivity index is 0. The normalized spacial score (nSPS) is 10.3. The van der Waals surface area contributed by atoms with E-state index in [9.17, 15) is 17.8 Å². The minimum atomic E-state index is -4.34. The van der Waals surface area contributed by atoms with Gasteiger partial charge < -0.3 is 14.0 Å². The van der Waals surface area contributed by atoms with Crippen LogP contribution in [0.2, 0.25) is 0 Å². The molecule has 0 radical (unpaired) electrons. The molecule has 0 saturated heterocycles. The van der Waals surface area contributed by atoms with Crippen LogP contribution in [-0.4, -0.2) is 38.1 Å². The summed E-state index contributed by atoms with van der Waals surface area (Å²) in [6.07, 6.45) is 0. The van der Waals surface area contributed by atoms with Crippen LogP contribution in [0.1, 0.15) is 6.92 Å². The summed E-state index contributed by atoms with van der Waals surface area (Å²) in [5, 5.41) is 0. The molecule has 0 atom stereocenters. The van der Waals surface area contributed by atoms with Gasteiger partial charge in [0.2, 0.25) is 0 Å². The second kappa shape index (κ2) is 7.72. The van der Waals surface area contributed by atoms with Gasteiger partial charge in [0, 0.05) is 6.92 Å². The molecule has 0 amide bonds. The van der Waals surface area contributed by atoms with E-state index in [1.165, 1.54) is 6.92 Å². The average Bonchev–Trinajstić information content (AvgIpc) is 1.83. The molecule has 0 saturated carbocycles. The number of carbonyl (C=O) groups is 1. The molecule has 0 aromatic carbocycles. The minimum Gasteiger partial charge on any atom is -0.746 e. The number of ether oxygens (including phenoxy) is 2. The maximum atomic E-state index is 10.1. The third kappa shape index (κ3) is 15.1. The molecule has 0 aliphatic carbocycles. The van der Waals surface area contributed by atoms with Gasteiger partial charge >= 0.3 is 35.5 Å². The van der Waals surface area contributed by atoms with Crippen LogP contribution in [0.25, 0.3) is 0 Å². The van der Waals surface area contributed by atoms with Crippen molar-refractivity contribution in [3.63, 3.8) is 0 Å². The van der Waals surface area contributed by atoms with Crippen molar-refractivity contribution in [2.24, 2.45) is 0 Å². The molecule has 72 valence electrons. The largest absolute Gasteiger partial charge is 1.00 e. The molecule has 0 aliphatic rings. The topological polar surface area (TPSA) is 92.7 Å². The van der Waals surface area contributed by atoms with E-state index >= 15 is 0 Å². The predicted octanol–water partition coefficient (Wildman–Crippen LogP) is -3.93. The molecule has 13 heavy (non-hydrogen) atoms. The molecule has 0 rings (SSSR count). The minimum absolute atomic E-state index is 0. The summed E-state index contributed by atoms with van der Waals surface area (Å²) in [6, 6.07) is 0. The fourth-order valence-electron chi connectivity index (χ4n) is 0.405. The van der Waals surface area contributed by atoms with E-state index in [4.69, 9.17) is 0 Å². The van der Waals surface area contributed by atoms with Crippen molar-refractivity contribution in [2.45, 2.75) is 6.92 Å². The van der Waals surface area contributed by atoms with E-state index in [0.717, 1.165) is 0 Å². The first-order valence-corrected chi connectivity index (χ1v) is 4.64. The second-order valence-electron chi connectivity index (χ2n) is 1.92. The third-order valence-corrected chi connectivity index (χ3v) is 1.22. The van der Waals surface area contributed by atoms with Crippen molar-refractivity contribution in [3.05, 3.63) is 0 Å². The van der Waals surface area contributed by atoms with Gasteiger partial charge in [-0.3, -0.25) is 4.79 Å². The number of hydrogen-bond donors (Lipinski definition) is 0. The molecule has 8 heteroatoms. The summed E-state index contributed by atoms with van der Waals surface area (Å²) >= 11 is 0. The van der Waals surface area contributed by atoms with Gasteiger partial charge in [0.1, 0.15) is 22.7 Å². The first kappa shape index (κ1) is 15.8. The molecular weight excluding hydrogens is 211 g/mol. The predicted molar refractivity (Wildman–Crippen MR) is 37.1 cm³/mol. The van der Waals surface area contributed by atoms with Gasteiger partial charge in [0.15, 0.2) is 0 Å². The maximum absolute atomic E-state index is 10.1.